The molecule has 0 saturated heterocycles. The van der Waals surface area contributed by atoms with Crippen LogP contribution in [0.1, 0.15) is 17.8 Å². The molecule has 1 aromatic rings. The van der Waals surface area contributed by atoms with Gasteiger partial charge in [0.25, 0.3) is 0 Å². The molecule has 1 aromatic heterocycles. The number of carboxylic acid groups (broad SMARTS) is 1. The van der Waals surface area contributed by atoms with Gasteiger partial charge in [-0.1, -0.05) is 10.3 Å². The SMILES string of the molecule is O=C(O)C1CCc2nonc2C1. The highest BCUT2D eigenvalue weighted by molar-refractivity contribution is 5.70. The lowest BCUT2D eigenvalue weighted by Crippen LogP contribution is -2.22. The number of nitrogens with zero attached hydrogens (tertiary/aromatic N) is 2. The maximum Gasteiger partial charge on any atom is 0.306 e. The largest absolute Gasteiger partial charge is 0.481 e. The van der Waals surface area contributed by atoms with Gasteiger partial charge < -0.3 is 5.11 Å². The number of aryl methyl sites for hydroxylation is 1. The molecule has 0 aliphatic heterocycles. The predicted octanol–water partition coefficient (Wildman–Crippen LogP) is 0.259. The van der Waals surface area contributed by atoms with E-state index < -0.39 is 5.97 Å². The van der Waals surface area contributed by atoms with Gasteiger partial charge in [0.15, 0.2) is 0 Å². The summed E-state index contributed by atoms with van der Waals surface area (Å²) in [4.78, 5) is 10.6. The quantitative estimate of drug-likeness (QED) is 0.650. The summed E-state index contributed by atoms with van der Waals surface area (Å²) in [5, 5.41) is 16.0. The molecule has 1 N–H and O–H groups in total. The first-order valence-corrected chi connectivity index (χ1v) is 3.80. The van der Waals surface area contributed by atoms with Gasteiger partial charge in [-0.25, -0.2) is 4.63 Å². The van der Waals surface area contributed by atoms with E-state index in [2.05, 4.69) is 14.9 Å². The fourth-order valence-corrected chi connectivity index (χ4v) is 1.43. The van der Waals surface area contributed by atoms with E-state index in [0.29, 0.717) is 25.0 Å². The Morgan fingerprint density at radius 3 is 3.00 bits per heavy atom. The monoisotopic (exact) mass is 168 g/mol. The molecule has 1 aliphatic rings. The fraction of sp³-hybridized carbons (Fsp3) is 0.571. The molecule has 2 rings (SSSR count). The zero-order valence-electron chi connectivity index (χ0n) is 6.36. The minimum absolute atomic E-state index is 0.315. The van der Waals surface area contributed by atoms with Crippen LogP contribution >= 0.6 is 0 Å². The Hall–Kier alpha value is -1.39. The molecule has 1 aliphatic carbocycles. The molecule has 64 valence electrons. The maximum absolute atomic E-state index is 10.6. The Labute approximate surface area is 68.3 Å². The van der Waals surface area contributed by atoms with Gasteiger partial charge in [0, 0.05) is 6.42 Å². The van der Waals surface area contributed by atoms with Crippen LogP contribution < -0.4 is 0 Å². The summed E-state index contributed by atoms with van der Waals surface area (Å²) in [6.07, 6.45) is 1.75. The van der Waals surface area contributed by atoms with Crippen molar-refractivity contribution in [2.45, 2.75) is 19.3 Å². The third kappa shape index (κ3) is 1.07. The summed E-state index contributed by atoms with van der Waals surface area (Å²) in [5.41, 5.74) is 1.51. The molecule has 0 amide bonds. The van der Waals surface area contributed by atoms with Crippen LogP contribution in [-0.4, -0.2) is 21.4 Å². The molecule has 0 bridgehead atoms. The van der Waals surface area contributed by atoms with Crippen molar-refractivity contribution in [3.05, 3.63) is 11.4 Å². The Kier molecular flexibility index (Phi) is 1.56. The summed E-state index contributed by atoms with van der Waals surface area (Å²) in [6, 6.07) is 0. The maximum atomic E-state index is 10.6. The summed E-state index contributed by atoms with van der Waals surface area (Å²) < 4.78 is 4.50. The molecule has 1 heterocycles. The van der Waals surface area contributed by atoms with Gasteiger partial charge in [-0.05, 0) is 12.8 Å². The zero-order chi connectivity index (χ0) is 8.55. The number of hydrogen-bond donors (Lipinski definition) is 1. The van der Waals surface area contributed by atoms with Crippen LogP contribution in [0.25, 0.3) is 0 Å². The molecule has 0 fully saturated rings. The Bertz CT molecular complexity index is 307. The molecule has 1 atom stereocenters. The molecule has 5 nitrogen and oxygen atoms in total. The second kappa shape index (κ2) is 2.58. The van der Waals surface area contributed by atoms with Crippen molar-refractivity contribution in [3.8, 4) is 0 Å². The lowest BCUT2D eigenvalue weighted by molar-refractivity contribution is -0.142. The summed E-state index contributed by atoms with van der Waals surface area (Å²) in [5.74, 6) is -1.08. The van der Waals surface area contributed by atoms with Gasteiger partial charge in [-0.2, -0.15) is 0 Å². The first-order valence-electron chi connectivity index (χ1n) is 3.80. The van der Waals surface area contributed by atoms with Gasteiger partial charge in [-0.15, -0.1) is 0 Å². The fourth-order valence-electron chi connectivity index (χ4n) is 1.43. The number of carbonyl (C=O) groups is 1. The van der Waals surface area contributed by atoms with Crippen LogP contribution in [0, 0.1) is 5.92 Å². The van der Waals surface area contributed by atoms with Crippen LogP contribution in [0.4, 0.5) is 0 Å². The van der Waals surface area contributed by atoms with Crippen molar-refractivity contribution in [3.63, 3.8) is 0 Å². The number of aromatic nitrogens is 2. The lowest BCUT2D eigenvalue weighted by Gasteiger charge is -2.14. The average Bonchev–Trinajstić information content (AvgIpc) is 2.49. The Balaban J connectivity index is 2.20. The number of aliphatic carboxylic acids is 1. The number of fused-ring (bicyclic) bond motifs is 1. The average molecular weight is 168 g/mol. The number of hydrogen-bond acceptors (Lipinski definition) is 4. The molecule has 0 spiro atoms. The second-order valence-electron chi connectivity index (χ2n) is 2.94. The topological polar surface area (TPSA) is 76.2 Å². The molecular formula is C7H8N2O3. The van der Waals surface area contributed by atoms with Gasteiger partial charge in [-0.3, -0.25) is 4.79 Å². The lowest BCUT2D eigenvalue weighted by atomic mass is 9.90. The molecule has 0 saturated carbocycles. The zero-order valence-corrected chi connectivity index (χ0v) is 6.36. The van der Waals surface area contributed by atoms with Gasteiger partial charge >= 0.3 is 5.97 Å². The number of rotatable bonds is 1. The molecular weight excluding hydrogens is 160 g/mol. The van der Waals surface area contributed by atoms with E-state index in [-0.39, 0.29) is 5.92 Å². The first-order chi connectivity index (χ1) is 5.77. The van der Waals surface area contributed by atoms with E-state index in [1.54, 1.807) is 0 Å². The van der Waals surface area contributed by atoms with Crippen LogP contribution in [0.15, 0.2) is 4.63 Å². The van der Waals surface area contributed by atoms with E-state index >= 15 is 0 Å². The van der Waals surface area contributed by atoms with Crippen molar-refractivity contribution in [1.82, 2.24) is 10.3 Å². The van der Waals surface area contributed by atoms with Crippen LogP contribution in [0.5, 0.6) is 0 Å². The molecule has 12 heavy (non-hydrogen) atoms. The normalized spacial score (nSPS) is 21.8. The third-order valence-electron chi connectivity index (χ3n) is 2.15. The van der Waals surface area contributed by atoms with E-state index in [4.69, 9.17) is 5.11 Å². The van der Waals surface area contributed by atoms with Crippen LogP contribution in [0.2, 0.25) is 0 Å². The van der Waals surface area contributed by atoms with E-state index in [1.807, 2.05) is 0 Å². The highest BCUT2D eigenvalue weighted by Gasteiger charge is 2.27. The second-order valence-corrected chi connectivity index (χ2v) is 2.94. The minimum Gasteiger partial charge on any atom is -0.481 e. The Morgan fingerprint density at radius 1 is 1.50 bits per heavy atom. The van der Waals surface area contributed by atoms with Crippen molar-refractivity contribution in [2.75, 3.05) is 0 Å². The highest BCUT2D eigenvalue weighted by Crippen LogP contribution is 2.22. The molecule has 0 aromatic carbocycles. The Morgan fingerprint density at radius 2 is 2.25 bits per heavy atom. The standard InChI is InChI=1S/C7H8N2O3/c10-7(11)4-1-2-5-6(3-4)9-12-8-5/h4H,1-3H2,(H,10,11). The molecule has 1 unspecified atom stereocenters. The predicted molar refractivity (Wildman–Crippen MR) is 37.4 cm³/mol. The first kappa shape index (κ1) is 7.27. The summed E-state index contributed by atoms with van der Waals surface area (Å²) >= 11 is 0. The molecule has 0 radical (unpaired) electrons. The van der Waals surface area contributed by atoms with Gasteiger partial charge in [0.1, 0.15) is 11.4 Å². The smallest absolute Gasteiger partial charge is 0.306 e. The number of carboxylic acids is 1. The summed E-state index contributed by atoms with van der Waals surface area (Å²) in [6.45, 7) is 0. The van der Waals surface area contributed by atoms with Crippen molar-refractivity contribution in [1.29, 1.82) is 0 Å². The van der Waals surface area contributed by atoms with Crippen LogP contribution in [-0.2, 0) is 17.6 Å². The van der Waals surface area contributed by atoms with Crippen molar-refractivity contribution < 1.29 is 14.5 Å². The molecule has 5 heteroatoms. The summed E-state index contributed by atoms with van der Waals surface area (Å²) in [7, 11) is 0. The van der Waals surface area contributed by atoms with Crippen molar-refractivity contribution in [2.24, 2.45) is 5.92 Å². The highest BCUT2D eigenvalue weighted by atomic mass is 16.6. The van der Waals surface area contributed by atoms with E-state index in [0.717, 1.165) is 5.69 Å². The van der Waals surface area contributed by atoms with Gasteiger partial charge in [0.2, 0.25) is 0 Å². The minimum atomic E-state index is -0.761. The van der Waals surface area contributed by atoms with Crippen LogP contribution in [0.3, 0.4) is 0 Å². The third-order valence-corrected chi connectivity index (χ3v) is 2.15. The van der Waals surface area contributed by atoms with Crippen molar-refractivity contribution >= 4 is 5.97 Å². The van der Waals surface area contributed by atoms with E-state index in [1.165, 1.54) is 0 Å². The van der Waals surface area contributed by atoms with Gasteiger partial charge in [0.05, 0.1) is 5.92 Å². The van der Waals surface area contributed by atoms with E-state index in [9.17, 15) is 4.79 Å².